The summed E-state index contributed by atoms with van der Waals surface area (Å²) in [5.41, 5.74) is -5.73. The maximum Gasteiger partial charge on any atom is 0.136 e. The molecule has 1 heterocycles. The molecule has 1 aromatic heterocycles. The Hall–Kier alpha value is -6.18. The van der Waals surface area contributed by atoms with Crippen molar-refractivity contribution in [3.8, 4) is 33.4 Å². The van der Waals surface area contributed by atoms with Crippen LogP contribution < -0.4 is 0 Å². The SMILES string of the molecule is [2H]c1cc2c(oc3c([2H])c(-c4c5c([2H])c([2H])c([2H])c([2H])c5c(-c5c([2H])c([2H])c([2H])c([2H])c5[2H])c5c([2H])c([2H])c(-c6c([2H])c([2H])c([2H])c7c([2H])c([2H])c([2H])c([2H])c67)c([2H])c45)c4c([2H])c([2H])c([2H])c([2H])c4c32)c([2H])c1[2H]. The van der Waals surface area contributed by atoms with E-state index < -0.39 is 251 Å². The lowest BCUT2D eigenvalue weighted by Crippen LogP contribution is -1.93. The van der Waals surface area contributed by atoms with Gasteiger partial charge in [-0.2, -0.15) is 0 Å². The minimum atomic E-state index is -1.09. The molecule has 10 aromatic rings. The van der Waals surface area contributed by atoms with Crippen LogP contribution in [0.25, 0.3) is 98.4 Å². The van der Waals surface area contributed by atoms with Gasteiger partial charge in [0.2, 0.25) is 0 Å². The van der Waals surface area contributed by atoms with Gasteiger partial charge >= 0.3 is 0 Å². The van der Waals surface area contributed by atoms with E-state index in [0.29, 0.717) is 0 Å². The van der Waals surface area contributed by atoms with Gasteiger partial charge in [0.25, 0.3) is 0 Å². The maximum atomic E-state index is 10.3. The van der Waals surface area contributed by atoms with Crippen molar-refractivity contribution in [3.05, 3.63) is 169 Å². The topological polar surface area (TPSA) is 13.1 Å². The molecule has 0 aliphatic carbocycles. The van der Waals surface area contributed by atoms with Crippen LogP contribution in [-0.2, 0) is 0 Å². The molecule has 10 rings (SSSR count). The Bertz CT molecular complexity index is 4350. The third kappa shape index (κ3) is 3.90. The van der Waals surface area contributed by atoms with Gasteiger partial charge in [-0.15, -0.1) is 0 Å². The first-order valence-corrected chi connectivity index (χ1v) is 14.0. The van der Waals surface area contributed by atoms with Crippen molar-refractivity contribution in [2.75, 3.05) is 0 Å². The second kappa shape index (κ2) is 10.2. The first kappa shape index (κ1) is 11.0. The fourth-order valence-corrected chi connectivity index (χ4v) is 5.98. The lowest BCUT2D eigenvalue weighted by atomic mass is 9.83. The lowest BCUT2D eigenvalue weighted by Gasteiger charge is -2.20. The average Bonchev–Trinajstić information content (AvgIpc) is 3.75. The zero-order chi connectivity index (χ0) is 54.4. The molecule has 0 saturated heterocycles. The molecule has 9 aromatic carbocycles. The van der Waals surface area contributed by atoms with Crippen molar-refractivity contribution >= 4 is 65.0 Å². The Kier molecular flexibility index (Phi) is 2.37. The number of rotatable bonds is 3. The molecule has 0 saturated carbocycles. The van der Waals surface area contributed by atoms with Gasteiger partial charge in [-0.25, -0.2) is 0 Å². The third-order valence-corrected chi connectivity index (χ3v) is 7.90. The fourth-order valence-electron chi connectivity index (χ4n) is 5.98. The molecule has 218 valence electrons. The molecule has 1 nitrogen and oxygen atoms in total. The van der Waals surface area contributed by atoms with Gasteiger partial charge in [-0.05, 0) is 94.6 Å². The van der Waals surface area contributed by atoms with Crippen LogP contribution in [0.2, 0.25) is 0 Å². The van der Waals surface area contributed by atoms with Crippen LogP contribution >= 0.6 is 0 Å². The predicted octanol–water partition coefficient (Wildman–Crippen LogP) is 13.2. The van der Waals surface area contributed by atoms with Gasteiger partial charge in [0.1, 0.15) is 11.2 Å². The summed E-state index contributed by atoms with van der Waals surface area (Å²) in [5, 5.41) is -5.94. The highest BCUT2D eigenvalue weighted by Crippen LogP contribution is 2.48. The Morgan fingerprint density at radius 1 is 0.362 bits per heavy atom. The van der Waals surface area contributed by atoms with Crippen LogP contribution in [0, 0.1) is 0 Å². The standard InChI is InChI=1S/C46H28O/c1-2-14-30(15-3-1)44-36-20-8-9-21-37(36)45(40-27-31(25-26-38(40)44)33-23-12-16-29-13-4-5-17-32(29)33)41-28-43-46(35-19-7-6-18-34(35)41)39-22-10-11-24-42(39)47-43/h1-28H/i1D,2D,3D,4D,5D,6D,7D,8D,9D,10D,11D,12D,13D,14D,15D,16D,17D,18D,19D,20D,21D,23D,24D,25D,26D,27D,28D. The Labute approximate surface area is 309 Å². The highest BCUT2D eigenvalue weighted by molar-refractivity contribution is 6.28. The van der Waals surface area contributed by atoms with E-state index in [1.165, 1.54) is 0 Å². The zero-order valence-electron chi connectivity index (χ0n) is 50.5. The maximum absolute atomic E-state index is 10.3. The number of para-hydroxylation sites is 1. The molecule has 0 atom stereocenters. The second-order valence-electron chi connectivity index (χ2n) is 10.3. The van der Waals surface area contributed by atoms with Crippen LogP contribution in [0.15, 0.2) is 174 Å². The summed E-state index contributed by atoms with van der Waals surface area (Å²) in [6, 6.07) is -23.7. The normalized spacial score (nSPS) is 19.9. The van der Waals surface area contributed by atoms with Gasteiger partial charge in [-0.3, -0.25) is 0 Å². The molecule has 0 N–H and O–H groups in total. The Morgan fingerprint density at radius 2 is 1.02 bits per heavy atom. The van der Waals surface area contributed by atoms with Crippen LogP contribution in [0.3, 0.4) is 0 Å². The molecule has 0 aliphatic heterocycles. The minimum absolute atomic E-state index is 0.159. The fraction of sp³-hybridized carbons (Fsp3) is 0. The summed E-state index contributed by atoms with van der Waals surface area (Å²) in [6.45, 7) is 0. The number of hydrogen-bond donors (Lipinski definition) is 0. The summed E-state index contributed by atoms with van der Waals surface area (Å²) in [5.74, 6) is 0. The average molecular weight is 624 g/mol. The monoisotopic (exact) mass is 623 g/mol. The lowest BCUT2D eigenvalue weighted by molar-refractivity contribution is 0.669. The number of fused-ring (bicyclic) bond motifs is 8. The Balaban J connectivity index is 1.65. The van der Waals surface area contributed by atoms with E-state index in [2.05, 4.69) is 0 Å². The molecule has 0 amide bonds. The molecule has 47 heavy (non-hydrogen) atoms. The third-order valence-electron chi connectivity index (χ3n) is 7.90. The van der Waals surface area contributed by atoms with Crippen LogP contribution in [-0.4, -0.2) is 0 Å². The molecule has 0 aliphatic rings. The largest absolute Gasteiger partial charge is 0.456 e. The van der Waals surface area contributed by atoms with E-state index >= 15 is 0 Å². The van der Waals surface area contributed by atoms with E-state index in [0.717, 1.165) is 6.07 Å². The van der Waals surface area contributed by atoms with Crippen molar-refractivity contribution in [3.63, 3.8) is 0 Å². The van der Waals surface area contributed by atoms with Crippen molar-refractivity contribution in [1.82, 2.24) is 0 Å². The van der Waals surface area contributed by atoms with Crippen molar-refractivity contribution in [2.24, 2.45) is 0 Å². The number of furan rings is 1. The molecule has 0 bridgehead atoms. The zero-order valence-corrected chi connectivity index (χ0v) is 23.5. The van der Waals surface area contributed by atoms with Crippen LogP contribution in [0.5, 0.6) is 0 Å². The molecule has 1 heteroatoms. The van der Waals surface area contributed by atoms with Crippen molar-refractivity contribution in [2.45, 2.75) is 0 Å². The molecular formula is C46H28O. The van der Waals surface area contributed by atoms with Crippen LogP contribution in [0.4, 0.5) is 0 Å². The quantitative estimate of drug-likeness (QED) is 0.178. The van der Waals surface area contributed by atoms with Gasteiger partial charge < -0.3 is 4.42 Å². The molecule has 0 spiro atoms. The van der Waals surface area contributed by atoms with Crippen molar-refractivity contribution < 1.29 is 41.4 Å². The second-order valence-corrected chi connectivity index (χ2v) is 10.3. The summed E-state index contributed by atoms with van der Waals surface area (Å²) >= 11 is 0. The molecular weight excluding hydrogens is 569 g/mol. The number of hydrogen-bond acceptors (Lipinski definition) is 1. The van der Waals surface area contributed by atoms with Crippen LogP contribution in [0.1, 0.15) is 37.0 Å². The van der Waals surface area contributed by atoms with Gasteiger partial charge in [0.05, 0.1) is 37.0 Å². The van der Waals surface area contributed by atoms with E-state index in [1.54, 1.807) is 0 Å². The van der Waals surface area contributed by atoms with Gasteiger partial charge in [0, 0.05) is 10.8 Å². The number of benzene rings is 9. The summed E-state index contributed by atoms with van der Waals surface area (Å²) in [6.07, 6.45) is 0. The van der Waals surface area contributed by atoms with E-state index in [-0.39, 0.29) is 10.8 Å². The van der Waals surface area contributed by atoms with E-state index in [1.807, 2.05) is 0 Å². The van der Waals surface area contributed by atoms with Gasteiger partial charge in [-0.1, -0.05) is 151 Å². The highest BCUT2D eigenvalue weighted by atomic mass is 16.3. The van der Waals surface area contributed by atoms with E-state index in [4.69, 9.17) is 29.1 Å². The smallest absolute Gasteiger partial charge is 0.136 e. The van der Waals surface area contributed by atoms with E-state index in [9.17, 15) is 12.3 Å². The first-order valence-electron chi connectivity index (χ1n) is 27.5. The Morgan fingerprint density at radius 3 is 1.87 bits per heavy atom. The summed E-state index contributed by atoms with van der Waals surface area (Å²) in [7, 11) is 0. The minimum Gasteiger partial charge on any atom is -0.456 e. The summed E-state index contributed by atoms with van der Waals surface area (Å²) in [4.78, 5) is 0. The predicted molar refractivity (Wildman–Crippen MR) is 200 cm³/mol. The molecule has 0 fully saturated rings. The first-order chi connectivity index (χ1) is 34.6. The molecule has 0 unspecified atom stereocenters. The van der Waals surface area contributed by atoms with Gasteiger partial charge in [0.15, 0.2) is 0 Å². The molecule has 0 radical (unpaired) electrons. The summed E-state index contributed by atoms with van der Waals surface area (Å²) < 4.78 is 251. The van der Waals surface area contributed by atoms with Crippen molar-refractivity contribution in [1.29, 1.82) is 0 Å². The highest BCUT2D eigenvalue weighted by Gasteiger charge is 2.21.